The Morgan fingerprint density at radius 2 is 1.31 bits per heavy atom. The van der Waals surface area contributed by atoms with E-state index in [9.17, 15) is 35.9 Å². The second-order valence-corrected chi connectivity index (χ2v) is 5.33. The van der Waals surface area contributed by atoms with Crippen molar-refractivity contribution in [1.29, 1.82) is 0 Å². The van der Waals surface area contributed by atoms with Gasteiger partial charge in [0.2, 0.25) is 5.91 Å². The molecule has 0 aliphatic carbocycles. The van der Waals surface area contributed by atoms with Crippen molar-refractivity contribution in [2.45, 2.75) is 18.8 Å². The molecule has 1 N–H and O–H groups in total. The molecule has 0 saturated carbocycles. The summed E-state index contributed by atoms with van der Waals surface area (Å²) >= 11 is 0. The molecule has 0 atom stereocenters. The number of rotatable bonds is 3. The van der Waals surface area contributed by atoms with Gasteiger partial charge in [-0.2, -0.15) is 26.3 Å². The van der Waals surface area contributed by atoms with Crippen LogP contribution in [0.25, 0.3) is 0 Å². The molecule has 3 nitrogen and oxygen atoms in total. The molecule has 0 saturated heterocycles. The minimum atomic E-state index is -5.08. The summed E-state index contributed by atoms with van der Waals surface area (Å²) in [6, 6.07) is 8.54. The second kappa shape index (κ2) is 7.19. The number of hydrogen-bond donors (Lipinski definition) is 1. The van der Waals surface area contributed by atoms with Gasteiger partial charge in [-0.05, 0) is 23.8 Å². The maximum Gasteiger partial charge on any atom is 0.416 e. The van der Waals surface area contributed by atoms with E-state index in [2.05, 4.69) is 0 Å². The summed E-state index contributed by atoms with van der Waals surface area (Å²) < 4.78 is 76.7. The van der Waals surface area contributed by atoms with Gasteiger partial charge in [0.05, 0.1) is 17.5 Å². The molecule has 9 heteroatoms. The van der Waals surface area contributed by atoms with Crippen LogP contribution in [0, 0.1) is 0 Å². The highest BCUT2D eigenvalue weighted by molar-refractivity contribution is 6.05. The van der Waals surface area contributed by atoms with Crippen molar-refractivity contribution in [3.8, 4) is 0 Å². The highest BCUT2D eigenvalue weighted by Gasteiger charge is 2.37. The fraction of sp³-hybridized carbons (Fsp3) is 0.176. The number of carbonyl (C=O) groups excluding carboxylic acids is 2. The fourth-order valence-corrected chi connectivity index (χ4v) is 2.11. The van der Waals surface area contributed by atoms with Crippen molar-refractivity contribution in [2.24, 2.45) is 0 Å². The zero-order chi connectivity index (χ0) is 19.5. The summed E-state index contributed by atoms with van der Waals surface area (Å²) in [6.07, 6.45) is -10.4. The smallest absolute Gasteiger partial charge is 0.292 e. The van der Waals surface area contributed by atoms with Crippen LogP contribution in [0.15, 0.2) is 48.5 Å². The fourth-order valence-electron chi connectivity index (χ4n) is 2.11. The van der Waals surface area contributed by atoms with Crippen LogP contribution in [0.3, 0.4) is 0 Å². The molecule has 26 heavy (non-hydrogen) atoms. The molecule has 2 rings (SSSR count). The number of imide groups is 1. The van der Waals surface area contributed by atoms with Crippen LogP contribution >= 0.6 is 0 Å². The standard InChI is InChI=1S/C17H11F6NO2/c18-16(19,20)12-7-11(8-13(9-12)17(21,22)23)15(26)24-14(25)6-10-4-2-1-3-5-10/h1-5,7-9H,6H2,(H,24,25,26). The minimum Gasteiger partial charge on any atom is -0.292 e. The van der Waals surface area contributed by atoms with Gasteiger partial charge in [-0.1, -0.05) is 30.3 Å². The molecule has 138 valence electrons. The predicted octanol–water partition coefficient (Wildman–Crippen LogP) is 4.22. The second-order valence-electron chi connectivity index (χ2n) is 5.33. The Morgan fingerprint density at radius 1 is 0.808 bits per heavy atom. The van der Waals surface area contributed by atoms with Crippen molar-refractivity contribution in [2.75, 3.05) is 0 Å². The lowest BCUT2D eigenvalue weighted by Crippen LogP contribution is -2.32. The van der Waals surface area contributed by atoms with E-state index >= 15 is 0 Å². The van der Waals surface area contributed by atoms with Gasteiger partial charge < -0.3 is 0 Å². The van der Waals surface area contributed by atoms with E-state index in [0.717, 1.165) is 0 Å². The third kappa shape index (κ3) is 5.08. The van der Waals surface area contributed by atoms with Gasteiger partial charge >= 0.3 is 12.4 Å². The molecule has 0 aromatic heterocycles. The summed E-state index contributed by atoms with van der Waals surface area (Å²) in [5.41, 5.74) is -3.65. The monoisotopic (exact) mass is 375 g/mol. The van der Waals surface area contributed by atoms with Gasteiger partial charge in [0.15, 0.2) is 0 Å². The maximum atomic E-state index is 12.8. The van der Waals surface area contributed by atoms with E-state index in [0.29, 0.717) is 5.56 Å². The van der Waals surface area contributed by atoms with Crippen LogP contribution in [-0.4, -0.2) is 11.8 Å². The lowest BCUT2D eigenvalue weighted by molar-refractivity contribution is -0.143. The highest BCUT2D eigenvalue weighted by Crippen LogP contribution is 2.36. The molecule has 0 unspecified atom stereocenters. The van der Waals surface area contributed by atoms with E-state index in [-0.39, 0.29) is 24.6 Å². The summed E-state index contributed by atoms with van der Waals surface area (Å²) in [7, 11) is 0. The number of amides is 2. The molecule has 2 aromatic carbocycles. The number of hydrogen-bond acceptors (Lipinski definition) is 2. The average Bonchev–Trinajstić information content (AvgIpc) is 2.53. The topological polar surface area (TPSA) is 46.2 Å². The van der Waals surface area contributed by atoms with Gasteiger partial charge in [-0.25, -0.2) is 0 Å². The van der Waals surface area contributed by atoms with E-state index in [4.69, 9.17) is 0 Å². The molecule has 0 bridgehead atoms. The minimum absolute atomic E-state index is 0.0947. The van der Waals surface area contributed by atoms with Crippen LogP contribution in [0.5, 0.6) is 0 Å². The Morgan fingerprint density at radius 3 is 1.77 bits per heavy atom. The number of alkyl halides is 6. The molecule has 0 aliphatic rings. The molecule has 0 heterocycles. The third-order valence-electron chi connectivity index (χ3n) is 3.31. The molecular weight excluding hydrogens is 364 g/mol. The van der Waals surface area contributed by atoms with Gasteiger partial charge in [0.25, 0.3) is 5.91 Å². The Balaban J connectivity index is 2.26. The maximum absolute atomic E-state index is 12.8. The molecule has 0 aliphatic heterocycles. The summed E-state index contributed by atoms with van der Waals surface area (Å²) in [5.74, 6) is -2.20. The Labute approximate surface area is 143 Å². The number of carbonyl (C=O) groups is 2. The van der Waals surface area contributed by atoms with E-state index in [1.807, 2.05) is 0 Å². The SMILES string of the molecule is O=C(Cc1ccccc1)NC(=O)c1cc(C(F)(F)F)cc(C(F)(F)F)c1. The van der Waals surface area contributed by atoms with Crippen LogP contribution in [0.2, 0.25) is 0 Å². The number of nitrogens with one attached hydrogen (secondary N) is 1. The molecule has 0 spiro atoms. The van der Waals surface area contributed by atoms with Crippen molar-refractivity contribution < 1.29 is 35.9 Å². The molecule has 2 amide bonds. The summed E-state index contributed by atoms with van der Waals surface area (Å²) in [6.45, 7) is 0. The van der Waals surface area contributed by atoms with Crippen molar-refractivity contribution in [3.05, 3.63) is 70.8 Å². The number of halogens is 6. The van der Waals surface area contributed by atoms with Gasteiger partial charge in [-0.3, -0.25) is 14.9 Å². The summed E-state index contributed by atoms with van der Waals surface area (Å²) in [5, 5.41) is 1.79. The molecule has 0 radical (unpaired) electrons. The average molecular weight is 375 g/mol. The van der Waals surface area contributed by atoms with Crippen LogP contribution in [0.4, 0.5) is 26.3 Å². The predicted molar refractivity (Wildman–Crippen MR) is 79.1 cm³/mol. The first kappa shape index (κ1) is 19.5. The van der Waals surface area contributed by atoms with Gasteiger partial charge in [-0.15, -0.1) is 0 Å². The highest BCUT2D eigenvalue weighted by atomic mass is 19.4. The van der Waals surface area contributed by atoms with Crippen LogP contribution in [0.1, 0.15) is 27.0 Å². The van der Waals surface area contributed by atoms with Gasteiger partial charge in [0.1, 0.15) is 0 Å². The van der Waals surface area contributed by atoms with Crippen LogP contribution < -0.4 is 5.32 Å². The quantitative estimate of drug-likeness (QED) is 0.817. The zero-order valence-electron chi connectivity index (χ0n) is 12.9. The third-order valence-corrected chi connectivity index (χ3v) is 3.31. The Hall–Kier alpha value is -2.84. The van der Waals surface area contributed by atoms with Crippen LogP contribution in [-0.2, 0) is 23.6 Å². The van der Waals surface area contributed by atoms with Gasteiger partial charge in [0, 0.05) is 5.56 Å². The van der Waals surface area contributed by atoms with Crippen molar-refractivity contribution in [1.82, 2.24) is 5.32 Å². The van der Waals surface area contributed by atoms with Crippen molar-refractivity contribution in [3.63, 3.8) is 0 Å². The largest absolute Gasteiger partial charge is 0.416 e. The lowest BCUT2D eigenvalue weighted by Gasteiger charge is -2.14. The first-order valence-electron chi connectivity index (χ1n) is 7.14. The van der Waals surface area contributed by atoms with E-state index in [1.165, 1.54) is 0 Å². The molecular formula is C17H11F6NO2. The lowest BCUT2D eigenvalue weighted by atomic mass is 10.0. The normalized spacial score (nSPS) is 11.9. The number of benzene rings is 2. The first-order valence-corrected chi connectivity index (χ1v) is 7.14. The Kier molecular flexibility index (Phi) is 5.38. The zero-order valence-corrected chi connectivity index (χ0v) is 12.9. The molecule has 0 fully saturated rings. The van der Waals surface area contributed by atoms with E-state index < -0.39 is 40.9 Å². The van der Waals surface area contributed by atoms with Crippen molar-refractivity contribution >= 4 is 11.8 Å². The summed E-state index contributed by atoms with van der Waals surface area (Å²) in [4.78, 5) is 23.7. The van der Waals surface area contributed by atoms with E-state index in [1.54, 1.807) is 35.6 Å². The first-order chi connectivity index (χ1) is 12.0. The molecule has 2 aromatic rings. The Bertz CT molecular complexity index is 780.